The predicted molar refractivity (Wildman–Crippen MR) is 109 cm³/mol. The largest absolute Gasteiger partial charge is 0.481 e. The normalized spacial score (nSPS) is 22.7. The van der Waals surface area contributed by atoms with Crippen molar-refractivity contribution in [1.82, 2.24) is 5.32 Å². The van der Waals surface area contributed by atoms with Crippen LogP contribution in [0.15, 0.2) is 11.8 Å². The van der Waals surface area contributed by atoms with E-state index in [-0.39, 0.29) is 5.76 Å². The molecule has 0 spiro atoms. The number of carbonyl (C=O) groups excluding carboxylic acids is 4. The van der Waals surface area contributed by atoms with Crippen LogP contribution in [0.4, 0.5) is 4.79 Å². The summed E-state index contributed by atoms with van der Waals surface area (Å²) < 4.78 is 26.6. The average Bonchev–Trinajstić information content (AvgIpc) is 2.63. The first-order chi connectivity index (χ1) is 14.3. The second kappa shape index (κ2) is 11.0. The number of rotatable bonds is 7. The number of esters is 3. The molecule has 0 aromatic rings. The molecule has 1 heterocycles. The van der Waals surface area contributed by atoms with E-state index in [1.807, 2.05) is 6.92 Å². The molecule has 1 rings (SSSR count). The maximum atomic E-state index is 12.5. The molecule has 0 radical (unpaired) electrons. The Balaban J connectivity index is 3.37. The van der Waals surface area contributed by atoms with E-state index in [1.54, 1.807) is 27.7 Å². The van der Waals surface area contributed by atoms with Gasteiger partial charge >= 0.3 is 24.0 Å². The van der Waals surface area contributed by atoms with Crippen molar-refractivity contribution in [2.75, 3.05) is 7.11 Å². The van der Waals surface area contributed by atoms with E-state index < -0.39 is 59.9 Å². The Morgan fingerprint density at radius 3 is 2.23 bits per heavy atom. The molecule has 0 saturated heterocycles. The van der Waals surface area contributed by atoms with Crippen LogP contribution in [0.1, 0.15) is 54.9 Å². The molecule has 0 aliphatic carbocycles. The standard InChI is InChI=1S/C21H33NO9/c1-9-14(28-12(3)23)11(2)18-17(22-20(26)31-21(5,6)7)15(29-13(4)24)10-16(30-18)19(25)27-8/h10-11,14-15,17-18H,9H2,1-8H3,(H,22,26)/t11-,14-,15?,17-,18?/m1/s1. The molecular weight excluding hydrogens is 410 g/mol. The van der Waals surface area contributed by atoms with Crippen molar-refractivity contribution < 1.29 is 42.9 Å². The van der Waals surface area contributed by atoms with E-state index >= 15 is 0 Å². The van der Waals surface area contributed by atoms with Gasteiger partial charge in [-0.2, -0.15) is 0 Å². The summed E-state index contributed by atoms with van der Waals surface area (Å²) in [6, 6.07) is -0.924. The highest BCUT2D eigenvalue weighted by molar-refractivity contribution is 5.86. The van der Waals surface area contributed by atoms with Gasteiger partial charge in [0, 0.05) is 25.8 Å². The van der Waals surface area contributed by atoms with Gasteiger partial charge in [-0.25, -0.2) is 9.59 Å². The van der Waals surface area contributed by atoms with Gasteiger partial charge < -0.3 is 29.0 Å². The van der Waals surface area contributed by atoms with Crippen molar-refractivity contribution in [3.63, 3.8) is 0 Å². The van der Waals surface area contributed by atoms with Crippen LogP contribution in [-0.4, -0.2) is 61.1 Å². The van der Waals surface area contributed by atoms with Gasteiger partial charge in [-0.15, -0.1) is 0 Å². The zero-order chi connectivity index (χ0) is 23.9. The van der Waals surface area contributed by atoms with Crippen LogP contribution in [0, 0.1) is 5.92 Å². The van der Waals surface area contributed by atoms with Crippen molar-refractivity contribution in [3.8, 4) is 0 Å². The molecular formula is C21H33NO9. The Bertz CT molecular complexity index is 710. The van der Waals surface area contributed by atoms with Crippen LogP contribution >= 0.6 is 0 Å². The molecule has 176 valence electrons. The third-order valence-corrected chi connectivity index (χ3v) is 4.48. The monoisotopic (exact) mass is 443 g/mol. The minimum Gasteiger partial charge on any atom is -0.481 e. The maximum absolute atomic E-state index is 12.5. The molecule has 0 bridgehead atoms. The summed E-state index contributed by atoms with van der Waals surface area (Å²) in [5.74, 6) is -2.55. The number of ether oxygens (including phenoxy) is 5. The van der Waals surface area contributed by atoms with Crippen LogP contribution in [-0.2, 0) is 38.1 Å². The van der Waals surface area contributed by atoms with E-state index in [0.29, 0.717) is 6.42 Å². The number of carbonyl (C=O) groups is 4. The first kappa shape index (κ1) is 26.3. The summed E-state index contributed by atoms with van der Waals surface area (Å²) >= 11 is 0. The lowest BCUT2D eigenvalue weighted by molar-refractivity contribution is -0.160. The van der Waals surface area contributed by atoms with E-state index in [2.05, 4.69) is 5.32 Å². The Kier molecular flexibility index (Phi) is 9.33. The minimum absolute atomic E-state index is 0.175. The molecule has 2 unspecified atom stereocenters. The van der Waals surface area contributed by atoms with Crippen molar-refractivity contribution in [2.45, 2.75) is 84.8 Å². The molecule has 31 heavy (non-hydrogen) atoms. The minimum atomic E-state index is -1.05. The van der Waals surface area contributed by atoms with Gasteiger partial charge in [0.2, 0.25) is 5.76 Å². The molecule has 1 aliphatic rings. The van der Waals surface area contributed by atoms with Crippen molar-refractivity contribution >= 4 is 24.0 Å². The van der Waals surface area contributed by atoms with Gasteiger partial charge in [0.25, 0.3) is 0 Å². The Morgan fingerprint density at radius 2 is 1.77 bits per heavy atom. The molecule has 0 fully saturated rings. The topological polar surface area (TPSA) is 126 Å². The van der Waals surface area contributed by atoms with Crippen LogP contribution in [0.2, 0.25) is 0 Å². The maximum Gasteiger partial charge on any atom is 0.408 e. The van der Waals surface area contributed by atoms with Crippen molar-refractivity contribution in [2.24, 2.45) is 5.92 Å². The fourth-order valence-electron chi connectivity index (χ4n) is 3.24. The summed E-state index contributed by atoms with van der Waals surface area (Å²) in [5, 5.41) is 2.67. The van der Waals surface area contributed by atoms with Gasteiger partial charge in [0.15, 0.2) is 0 Å². The molecule has 10 nitrogen and oxygen atoms in total. The summed E-state index contributed by atoms with van der Waals surface area (Å²) in [6.45, 7) is 11.2. The lowest BCUT2D eigenvalue weighted by atomic mass is 9.86. The first-order valence-electron chi connectivity index (χ1n) is 10.1. The van der Waals surface area contributed by atoms with Gasteiger partial charge in [-0.1, -0.05) is 13.8 Å². The first-order valence-corrected chi connectivity index (χ1v) is 10.1. The Labute approximate surface area is 182 Å². The second-order valence-electron chi connectivity index (χ2n) is 8.27. The fourth-order valence-corrected chi connectivity index (χ4v) is 3.24. The lowest BCUT2D eigenvalue weighted by Gasteiger charge is -2.41. The Hall–Kier alpha value is -2.78. The summed E-state index contributed by atoms with van der Waals surface area (Å²) in [4.78, 5) is 47.9. The smallest absolute Gasteiger partial charge is 0.408 e. The number of hydrogen-bond acceptors (Lipinski definition) is 9. The highest BCUT2D eigenvalue weighted by atomic mass is 16.6. The summed E-state index contributed by atoms with van der Waals surface area (Å²) in [6.07, 6.45) is -1.57. The van der Waals surface area contributed by atoms with E-state index in [9.17, 15) is 19.2 Å². The molecule has 0 aromatic heterocycles. The summed E-state index contributed by atoms with van der Waals surface area (Å²) in [5.41, 5.74) is -0.769. The van der Waals surface area contributed by atoms with E-state index in [1.165, 1.54) is 27.0 Å². The SMILES string of the molecule is CC[C@@H](OC(C)=O)[C@@H](C)C1OC(C(=O)OC)=CC(OC(C)=O)[C@H]1NC(=O)OC(C)(C)C. The molecule has 10 heteroatoms. The zero-order valence-corrected chi connectivity index (χ0v) is 19.3. The average molecular weight is 443 g/mol. The van der Waals surface area contributed by atoms with Gasteiger partial charge in [0.1, 0.15) is 30.0 Å². The van der Waals surface area contributed by atoms with Crippen LogP contribution in [0.5, 0.6) is 0 Å². The van der Waals surface area contributed by atoms with Gasteiger partial charge in [0.05, 0.1) is 7.11 Å². The third-order valence-electron chi connectivity index (χ3n) is 4.48. The van der Waals surface area contributed by atoms with Gasteiger partial charge in [-0.3, -0.25) is 9.59 Å². The number of methoxy groups -OCH3 is 1. The van der Waals surface area contributed by atoms with Crippen LogP contribution in [0.25, 0.3) is 0 Å². The quantitative estimate of drug-likeness (QED) is 0.465. The molecule has 1 N–H and O–H groups in total. The van der Waals surface area contributed by atoms with Crippen molar-refractivity contribution in [1.29, 1.82) is 0 Å². The zero-order valence-electron chi connectivity index (χ0n) is 19.3. The number of nitrogens with one attached hydrogen (secondary N) is 1. The van der Waals surface area contributed by atoms with Crippen LogP contribution < -0.4 is 5.32 Å². The highest BCUT2D eigenvalue weighted by Gasteiger charge is 2.45. The molecule has 1 amide bonds. The number of hydrogen-bond donors (Lipinski definition) is 1. The van der Waals surface area contributed by atoms with Gasteiger partial charge in [-0.05, 0) is 27.2 Å². The molecule has 0 aromatic carbocycles. The second-order valence-corrected chi connectivity index (χ2v) is 8.27. The lowest BCUT2D eigenvalue weighted by Crippen LogP contribution is -2.59. The van der Waals surface area contributed by atoms with E-state index in [4.69, 9.17) is 23.7 Å². The highest BCUT2D eigenvalue weighted by Crippen LogP contribution is 2.30. The number of alkyl carbamates (subject to hydrolysis) is 1. The number of amides is 1. The Morgan fingerprint density at radius 1 is 1.16 bits per heavy atom. The molecule has 5 atom stereocenters. The predicted octanol–water partition coefficient (Wildman–Crippen LogP) is 2.24. The fraction of sp³-hybridized carbons (Fsp3) is 0.714. The van der Waals surface area contributed by atoms with Crippen molar-refractivity contribution in [3.05, 3.63) is 11.8 Å². The molecule has 0 saturated carbocycles. The summed E-state index contributed by atoms with van der Waals surface area (Å²) in [7, 11) is 1.19. The molecule has 1 aliphatic heterocycles. The van der Waals surface area contributed by atoms with Crippen LogP contribution in [0.3, 0.4) is 0 Å². The third kappa shape index (κ3) is 8.10. The van der Waals surface area contributed by atoms with E-state index in [0.717, 1.165) is 0 Å².